The van der Waals surface area contributed by atoms with Gasteiger partial charge < -0.3 is 0 Å². The van der Waals surface area contributed by atoms with Crippen LogP contribution in [0.4, 0.5) is 9.59 Å². The van der Waals surface area contributed by atoms with Crippen molar-refractivity contribution in [2.45, 2.75) is 37.5 Å². The molecule has 2 spiro atoms. The van der Waals surface area contributed by atoms with Gasteiger partial charge >= 0.3 is 31.5 Å². The fourth-order valence-corrected chi connectivity index (χ4v) is 11.6. The monoisotopic (exact) mass is 962 g/mol. The van der Waals surface area contributed by atoms with Gasteiger partial charge in [-0.2, -0.15) is 0 Å². The average molecular weight is 962 g/mol. The van der Waals surface area contributed by atoms with Crippen LogP contribution in [0.25, 0.3) is 43.6 Å². The maximum absolute atomic E-state index is 14.8. The van der Waals surface area contributed by atoms with Gasteiger partial charge in [0.2, 0.25) is 0 Å². The van der Waals surface area contributed by atoms with Gasteiger partial charge in [-0.15, -0.1) is 0 Å². The third-order valence-corrected chi connectivity index (χ3v) is 14.3. The summed E-state index contributed by atoms with van der Waals surface area (Å²) in [4.78, 5) is 64.7. The Kier molecular flexibility index (Phi) is 9.55. The zero-order valence-electron chi connectivity index (χ0n) is 35.9. The molecule has 0 saturated carbocycles. The van der Waals surface area contributed by atoms with Crippen LogP contribution < -0.4 is 0 Å². The molecule has 13 heteroatoms. The Morgan fingerprint density at radius 3 is 1.00 bits per heavy atom. The molecule has 4 aromatic heterocycles. The van der Waals surface area contributed by atoms with Crippen molar-refractivity contribution in [3.63, 3.8) is 0 Å². The smallest absolute Gasteiger partial charge is 0.292 e. The molecule has 4 aromatic carbocycles. The SMILES string of the molecule is O=C1N2Cc3ccccc3CN3C(=O)N4Cc5ccccc5CN1C41C4C=CC=NC4=C4N=CC=CC4C231.[Ru+2].c1cnc2c(c1)ccc1cccnc12.c1cnc2c(c1)ccc1cccnc12. The van der Waals surface area contributed by atoms with E-state index >= 15 is 0 Å². The number of hydrogen-bond acceptors (Lipinski definition) is 8. The van der Waals surface area contributed by atoms with E-state index in [0.717, 1.165) is 77.3 Å². The van der Waals surface area contributed by atoms with Crippen molar-refractivity contribution in [3.8, 4) is 0 Å². The Hall–Kier alpha value is -7.76. The Morgan fingerprint density at radius 2 is 0.701 bits per heavy atom. The zero-order chi connectivity index (χ0) is 44.0. The quantitative estimate of drug-likeness (QED) is 0.110. The third-order valence-electron chi connectivity index (χ3n) is 14.3. The minimum atomic E-state index is -0.989. The van der Waals surface area contributed by atoms with Crippen LogP contribution in [0.1, 0.15) is 22.3 Å². The predicted octanol–water partition coefficient (Wildman–Crippen LogP) is 9.58. The molecule has 1 aliphatic carbocycles. The Bertz CT molecular complexity index is 3120. The first kappa shape index (κ1) is 40.7. The van der Waals surface area contributed by atoms with Crippen LogP contribution in [0.5, 0.6) is 0 Å². The molecule has 0 bridgehead atoms. The van der Waals surface area contributed by atoms with Gasteiger partial charge in [0.15, 0.2) is 11.3 Å². The second kappa shape index (κ2) is 15.7. The molecule has 4 amide bonds. The Balaban J connectivity index is 0.000000131. The molecule has 0 N–H and O–H groups in total. The molecule has 67 heavy (non-hydrogen) atoms. The minimum Gasteiger partial charge on any atom is -0.292 e. The summed E-state index contributed by atoms with van der Waals surface area (Å²) >= 11 is 0. The van der Waals surface area contributed by atoms with Crippen LogP contribution in [0.3, 0.4) is 0 Å². The van der Waals surface area contributed by atoms with Gasteiger partial charge in [0.05, 0.1) is 71.5 Å². The minimum absolute atomic E-state index is 0. The van der Waals surface area contributed by atoms with Crippen molar-refractivity contribution in [1.29, 1.82) is 0 Å². The number of amides is 4. The summed E-state index contributed by atoms with van der Waals surface area (Å²) in [6.07, 6.45) is 19.0. The largest absolute Gasteiger partial charge is 2.00 e. The van der Waals surface area contributed by atoms with E-state index in [4.69, 9.17) is 9.98 Å². The van der Waals surface area contributed by atoms with E-state index in [2.05, 4.69) is 105 Å². The molecule has 12 nitrogen and oxygen atoms in total. The molecule has 6 aliphatic heterocycles. The number of carbonyl (C=O) groups is 2. The van der Waals surface area contributed by atoms with Crippen LogP contribution in [-0.4, -0.2) is 75.4 Å². The number of aliphatic imine (C=N–C) groups is 2. The number of benzene rings is 4. The second-order valence-electron chi connectivity index (χ2n) is 17.4. The Morgan fingerprint density at radius 1 is 0.403 bits per heavy atom. The van der Waals surface area contributed by atoms with Gasteiger partial charge in [-0.25, -0.2) is 9.59 Å². The summed E-state index contributed by atoms with van der Waals surface area (Å²) in [7, 11) is 0. The predicted molar refractivity (Wildman–Crippen MR) is 255 cm³/mol. The first-order chi connectivity index (χ1) is 32.6. The molecule has 7 aliphatic rings. The van der Waals surface area contributed by atoms with Crippen molar-refractivity contribution in [3.05, 3.63) is 204 Å². The summed E-state index contributed by atoms with van der Waals surface area (Å²) in [5.41, 5.74) is 7.93. The number of aromatic nitrogens is 4. The molecule has 2 fully saturated rings. The van der Waals surface area contributed by atoms with E-state index in [-0.39, 0.29) is 43.4 Å². The van der Waals surface area contributed by atoms with E-state index < -0.39 is 11.3 Å². The van der Waals surface area contributed by atoms with Crippen LogP contribution in [0.2, 0.25) is 0 Å². The maximum Gasteiger partial charge on any atom is 2.00 e. The van der Waals surface area contributed by atoms with Gasteiger partial charge in [-0.3, -0.25) is 49.5 Å². The van der Waals surface area contributed by atoms with Crippen LogP contribution >= 0.6 is 0 Å². The summed E-state index contributed by atoms with van der Waals surface area (Å²) < 4.78 is 0. The number of hydrogen-bond donors (Lipinski definition) is 0. The topological polar surface area (TPSA) is 123 Å². The number of rotatable bonds is 0. The van der Waals surface area contributed by atoms with Gasteiger partial charge in [0.1, 0.15) is 0 Å². The fraction of sp³-hybridized carbons (Fsp3) is 0.148. The number of pyridine rings is 4. The van der Waals surface area contributed by atoms with E-state index in [1.54, 1.807) is 37.2 Å². The number of nitrogens with zero attached hydrogens (tertiary/aromatic N) is 10. The van der Waals surface area contributed by atoms with E-state index in [1.807, 2.05) is 80.3 Å². The standard InChI is InChI=1S/C30H24N6O2.2C12H8N2.Ru/c37-27-33-15-19-7-1-2-8-20(19)16-34-28(38)36-18-22-10-4-3-9-21(22)17-35(27)30(36)24-12-6-14-32-26(24)25-23(29(30,33)34)11-5-13-31-25;2*1-3-9-5-6-10-4-2-8-14-12(10)11(9)13-7-1;/h1-14,23-24H,15-18H2;2*1-8H;/q;;;+2. The summed E-state index contributed by atoms with van der Waals surface area (Å²) in [5.74, 6) is -0.637. The number of fused-ring (bicyclic) bond motifs is 10. The van der Waals surface area contributed by atoms with Gasteiger partial charge in [-0.1, -0.05) is 109 Å². The first-order valence-electron chi connectivity index (χ1n) is 22.2. The summed E-state index contributed by atoms with van der Waals surface area (Å²) in [6.45, 7) is 1.73. The molecule has 2 unspecified atom stereocenters. The van der Waals surface area contributed by atoms with Crippen molar-refractivity contribution < 1.29 is 29.1 Å². The number of carbonyl (C=O) groups excluding carboxylic acids is 2. The first-order valence-corrected chi connectivity index (χ1v) is 22.2. The number of allylic oxidation sites excluding steroid dienone is 2. The molecule has 0 radical (unpaired) electrons. The van der Waals surface area contributed by atoms with Gasteiger partial charge in [0, 0.05) is 58.8 Å². The van der Waals surface area contributed by atoms with E-state index in [0.29, 0.717) is 26.2 Å². The van der Waals surface area contributed by atoms with Gasteiger partial charge in [0.25, 0.3) is 0 Å². The Labute approximate surface area is 398 Å². The summed E-state index contributed by atoms with van der Waals surface area (Å²) in [5, 5.41) is 4.55. The van der Waals surface area contributed by atoms with Crippen molar-refractivity contribution in [1.82, 2.24) is 39.5 Å². The van der Waals surface area contributed by atoms with E-state index in [9.17, 15) is 9.59 Å². The van der Waals surface area contributed by atoms with Crippen molar-refractivity contribution in [2.24, 2.45) is 21.8 Å². The summed E-state index contributed by atoms with van der Waals surface area (Å²) in [6, 6.07) is 40.6. The molecule has 8 aromatic rings. The molecule has 2 saturated heterocycles. The normalized spacial score (nSPS) is 23.2. The van der Waals surface area contributed by atoms with Gasteiger partial charge in [-0.05, 0) is 58.7 Å². The van der Waals surface area contributed by atoms with E-state index in [1.165, 1.54) is 0 Å². The van der Waals surface area contributed by atoms with Crippen molar-refractivity contribution >= 4 is 68.1 Å². The zero-order valence-corrected chi connectivity index (χ0v) is 37.7. The van der Waals surface area contributed by atoms with Crippen LogP contribution in [0.15, 0.2) is 192 Å². The maximum atomic E-state index is 14.8. The number of urea groups is 2. The molecule has 10 heterocycles. The van der Waals surface area contributed by atoms with Crippen LogP contribution in [-0.2, 0) is 45.7 Å². The molecule has 324 valence electrons. The van der Waals surface area contributed by atoms with Crippen LogP contribution in [0, 0.1) is 11.8 Å². The molecular formula is C54H40N10O2Ru+2. The third kappa shape index (κ3) is 5.73. The average Bonchev–Trinajstić information content (AvgIpc) is 3.54. The molecule has 2 atom stereocenters. The fourth-order valence-electron chi connectivity index (χ4n) is 11.6. The molecular weight excluding hydrogens is 922 g/mol. The number of dihydropyridines is 2. The van der Waals surface area contributed by atoms with Crippen molar-refractivity contribution in [2.75, 3.05) is 0 Å². The molecule has 15 rings (SSSR count). The second-order valence-corrected chi connectivity index (χ2v) is 17.4.